The molecule has 0 radical (unpaired) electrons. The van der Waals surface area contributed by atoms with Crippen LogP contribution in [0.4, 0.5) is 11.4 Å². The van der Waals surface area contributed by atoms with Gasteiger partial charge in [-0.3, -0.25) is 20.0 Å². The zero-order valence-electron chi connectivity index (χ0n) is 16.1. The molecule has 152 valence electrons. The topological polar surface area (TPSA) is 94.8 Å². The molecule has 1 aromatic carbocycles. The van der Waals surface area contributed by atoms with Gasteiger partial charge < -0.3 is 16.0 Å². The molecule has 1 atom stereocenters. The van der Waals surface area contributed by atoms with E-state index in [0.717, 1.165) is 31.3 Å². The second-order valence-electron chi connectivity index (χ2n) is 6.30. The molecule has 0 aliphatic carbocycles. The highest BCUT2D eigenvalue weighted by atomic mass is 127. The molecule has 9 heteroatoms. The Morgan fingerprint density at radius 3 is 2.63 bits per heavy atom. The molecule has 1 saturated heterocycles. The van der Waals surface area contributed by atoms with Crippen molar-refractivity contribution in [3.63, 3.8) is 0 Å². The summed E-state index contributed by atoms with van der Waals surface area (Å²) in [4.78, 5) is 17.5. The summed E-state index contributed by atoms with van der Waals surface area (Å²) in [5.41, 5.74) is 0.965. The number of nitro benzene ring substituents is 1. The summed E-state index contributed by atoms with van der Waals surface area (Å²) in [6, 6.07) is 6.99. The van der Waals surface area contributed by atoms with Gasteiger partial charge in [0.15, 0.2) is 5.96 Å². The number of rotatable bonds is 9. The predicted molar refractivity (Wildman–Crippen MR) is 121 cm³/mol. The third kappa shape index (κ3) is 7.87. The molecular weight excluding hydrogens is 459 g/mol. The van der Waals surface area contributed by atoms with E-state index in [9.17, 15) is 10.1 Å². The van der Waals surface area contributed by atoms with Crippen LogP contribution in [0.5, 0.6) is 0 Å². The van der Waals surface area contributed by atoms with E-state index in [1.807, 2.05) is 0 Å². The van der Waals surface area contributed by atoms with Gasteiger partial charge in [0.05, 0.1) is 11.5 Å². The third-order valence-electron chi connectivity index (χ3n) is 4.53. The lowest BCUT2D eigenvalue weighted by atomic mass is 10.2. The minimum Gasteiger partial charge on any atom is -0.383 e. The Morgan fingerprint density at radius 1 is 1.26 bits per heavy atom. The second kappa shape index (κ2) is 12.7. The standard InChI is InChI=1S/C18H30N6O2.HI/c1-3-19-18(22-14-17-6-5-13-23(17)4-2)21-12-11-20-15-7-9-16(10-8-15)24(25)26;/h7-10,17,20H,3-6,11-14H2,1-2H3,(H2,19,21,22);1H. The van der Waals surface area contributed by atoms with Gasteiger partial charge in [-0.25, -0.2) is 0 Å². The van der Waals surface area contributed by atoms with Gasteiger partial charge in [0.2, 0.25) is 0 Å². The fourth-order valence-corrected chi connectivity index (χ4v) is 3.15. The number of nitro groups is 1. The average molecular weight is 490 g/mol. The van der Waals surface area contributed by atoms with E-state index in [-0.39, 0.29) is 29.7 Å². The molecule has 1 aromatic rings. The van der Waals surface area contributed by atoms with Crippen molar-refractivity contribution >= 4 is 41.3 Å². The van der Waals surface area contributed by atoms with Gasteiger partial charge in [-0.15, -0.1) is 24.0 Å². The number of likely N-dealkylation sites (tertiary alicyclic amines) is 1. The molecule has 0 spiro atoms. The summed E-state index contributed by atoms with van der Waals surface area (Å²) in [7, 11) is 0. The number of non-ortho nitro benzene ring substituents is 1. The maximum atomic E-state index is 10.7. The smallest absolute Gasteiger partial charge is 0.269 e. The third-order valence-corrected chi connectivity index (χ3v) is 4.53. The largest absolute Gasteiger partial charge is 0.383 e. The molecule has 1 heterocycles. The molecule has 1 aliphatic rings. The lowest BCUT2D eigenvalue weighted by Gasteiger charge is -2.21. The molecule has 1 fully saturated rings. The number of likely N-dealkylation sites (N-methyl/N-ethyl adjacent to an activating group) is 1. The van der Waals surface area contributed by atoms with E-state index >= 15 is 0 Å². The van der Waals surface area contributed by atoms with Crippen molar-refractivity contribution in [2.24, 2.45) is 4.99 Å². The second-order valence-corrected chi connectivity index (χ2v) is 6.30. The maximum absolute atomic E-state index is 10.7. The van der Waals surface area contributed by atoms with Crippen molar-refractivity contribution < 1.29 is 4.92 Å². The zero-order valence-corrected chi connectivity index (χ0v) is 18.4. The Hall–Kier alpha value is -1.62. The maximum Gasteiger partial charge on any atom is 0.269 e. The monoisotopic (exact) mass is 490 g/mol. The molecule has 3 N–H and O–H groups in total. The van der Waals surface area contributed by atoms with Crippen LogP contribution in [0.1, 0.15) is 26.7 Å². The van der Waals surface area contributed by atoms with Crippen molar-refractivity contribution in [3.8, 4) is 0 Å². The van der Waals surface area contributed by atoms with E-state index in [2.05, 4.69) is 34.7 Å². The van der Waals surface area contributed by atoms with Gasteiger partial charge in [-0.1, -0.05) is 6.92 Å². The summed E-state index contributed by atoms with van der Waals surface area (Å²) in [5, 5.41) is 20.5. The predicted octanol–water partition coefficient (Wildman–Crippen LogP) is 2.66. The summed E-state index contributed by atoms with van der Waals surface area (Å²) in [6.45, 7) is 9.58. The summed E-state index contributed by atoms with van der Waals surface area (Å²) in [5.74, 6) is 0.834. The van der Waals surface area contributed by atoms with Crippen LogP contribution in [-0.2, 0) is 0 Å². The van der Waals surface area contributed by atoms with Crippen LogP contribution in [0.15, 0.2) is 29.3 Å². The molecule has 0 saturated carbocycles. The Labute approximate surface area is 178 Å². The summed E-state index contributed by atoms with van der Waals surface area (Å²) in [6.07, 6.45) is 2.48. The van der Waals surface area contributed by atoms with E-state index in [1.165, 1.54) is 31.5 Å². The summed E-state index contributed by atoms with van der Waals surface area (Å²) < 4.78 is 0. The van der Waals surface area contributed by atoms with Crippen molar-refractivity contribution in [3.05, 3.63) is 34.4 Å². The molecular formula is C18H31IN6O2. The van der Waals surface area contributed by atoms with Gasteiger partial charge >= 0.3 is 0 Å². The Morgan fingerprint density at radius 2 is 2.00 bits per heavy atom. The molecule has 27 heavy (non-hydrogen) atoms. The van der Waals surface area contributed by atoms with Crippen molar-refractivity contribution in [1.29, 1.82) is 0 Å². The number of aliphatic imine (C=N–C) groups is 1. The number of nitrogens with zero attached hydrogens (tertiary/aromatic N) is 3. The Bertz CT molecular complexity index is 596. The lowest BCUT2D eigenvalue weighted by molar-refractivity contribution is -0.384. The first kappa shape index (κ1) is 23.4. The molecule has 8 nitrogen and oxygen atoms in total. The summed E-state index contributed by atoms with van der Waals surface area (Å²) >= 11 is 0. The number of guanidine groups is 1. The molecule has 2 rings (SSSR count). The molecule has 0 aromatic heterocycles. The van der Waals surface area contributed by atoms with Crippen molar-refractivity contribution in [2.45, 2.75) is 32.7 Å². The van der Waals surface area contributed by atoms with Gasteiger partial charge in [0, 0.05) is 43.5 Å². The van der Waals surface area contributed by atoms with E-state index < -0.39 is 4.92 Å². The number of benzene rings is 1. The van der Waals surface area contributed by atoms with Gasteiger partial charge in [-0.05, 0) is 45.0 Å². The van der Waals surface area contributed by atoms with E-state index in [4.69, 9.17) is 4.99 Å². The van der Waals surface area contributed by atoms with Crippen molar-refractivity contribution in [2.75, 3.05) is 44.6 Å². The van der Waals surface area contributed by atoms with Crippen LogP contribution in [0.25, 0.3) is 0 Å². The first-order valence-corrected chi connectivity index (χ1v) is 9.38. The fraction of sp³-hybridized carbons (Fsp3) is 0.611. The van der Waals surface area contributed by atoms with E-state index in [0.29, 0.717) is 19.1 Å². The molecule has 0 amide bonds. The quantitative estimate of drug-likeness (QED) is 0.123. The number of halogens is 1. The van der Waals surface area contributed by atoms with Gasteiger partial charge in [0.25, 0.3) is 5.69 Å². The SMILES string of the molecule is CCNC(=NCC1CCCN1CC)NCCNc1ccc([N+](=O)[O-])cc1.I. The number of nitrogens with one attached hydrogen (secondary N) is 3. The molecule has 1 unspecified atom stereocenters. The van der Waals surface area contributed by atoms with Crippen LogP contribution < -0.4 is 16.0 Å². The zero-order chi connectivity index (χ0) is 18.8. The van der Waals surface area contributed by atoms with Crippen molar-refractivity contribution in [1.82, 2.24) is 15.5 Å². The highest BCUT2D eigenvalue weighted by Gasteiger charge is 2.22. The first-order valence-electron chi connectivity index (χ1n) is 9.38. The Kier molecular flexibility index (Phi) is 11.0. The highest BCUT2D eigenvalue weighted by Crippen LogP contribution is 2.16. The van der Waals surface area contributed by atoms with Crippen LogP contribution in [-0.4, -0.2) is 61.1 Å². The number of anilines is 1. The normalized spacial score (nSPS) is 17.3. The fourth-order valence-electron chi connectivity index (χ4n) is 3.15. The average Bonchev–Trinajstić information content (AvgIpc) is 3.11. The minimum atomic E-state index is -0.394. The van der Waals surface area contributed by atoms with E-state index in [1.54, 1.807) is 12.1 Å². The first-order chi connectivity index (χ1) is 12.6. The van der Waals surface area contributed by atoms with Gasteiger partial charge in [-0.2, -0.15) is 0 Å². The van der Waals surface area contributed by atoms with Crippen LogP contribution in [0, 0.1) is 10.1 Å². The number of hydrogen-bond acceptors (Lipinski definition) is 5. The number of hydrogen-bond donors (Lipinski definition) is 3. The minimum absolute atomic E-state index is 0. The molecule has 1 aliphatic heterocycles. The Balaban J connectivity index is 0.00000364. The highest BCUT2D eigenvalue weighted by molar-refractivity contribution is 14.0. The van der Waals surface area contributed by atoms with Crippen LogP contribution in [0.2, 0.25) is 0 Å². The van der Waals surface area contributed by atoms with Crippen LogP contribution >= 0.6 is 24.0 Å². The van der Waals surface area contributed by atoms with Gasteiger partial charge in [0.1, 0.15) is 0 Å². The molecule has 0 bridgehead atoms. The van der Waals surface area contributed by atoms with Crippen LogP contribution in [0.3, 0.4) is 0 Å². The lowest BCUT2D eigenvalue weighted by Crippen LogP contribution is -2.41.